The first-order valence-electron chi connectivity index (χ1n) is 8.38. The third-order valence-corrected chi connectivity index (χ3v) is 5.83. The number of amides is 1. The second-order valence-corrected chi connectivity index (χ2v) is 8.18. The Hall–Kier alpha value is -2.88. The molecule has 10 heteroatoms. The van der Waals surface area contributed by atoms with Crippen LogP contribution >= 0.6 is 0 Å². The number of halogens is 1. The third-order valence-electron chi connectivity index (χ3n) is 4.45. The first-order chi connectivity index (χ1) is 12.8. The zero-order chi connectivity index (χ0) is 19.2. The van der Waals surface area contributed by atoms with E-state index in [2.05, 4.69) is 10.3 Å². The van der Waals surface area contributed by atoms with Crippen LogP contribution in [0.1, 0.15) is 30.0 Å². The van der Waals surface area contributed by atoms with Crippen LogP contribution in [0.2, 0.25) is 0 Å². The summed E-state index contributed by atoms with van der Waals surface area (Å²) in [5, 5.41) is 13.2. The summed E-state index contributed by atoms with van der Waals surface area (Å²) in [6.45, 7) is -0.372. The van der Waals surface area contributed by atoms with E-state index in [9.17, 15) is 22.7 Å². The summed E-state index contributed by atoms with van der Waals surface area (Å²) < 4.78 is 40.4. The summed E-state index contributed by atoms with van der Waals surface area (Å²) in [5.41, 5.74) is 1.67. The number of aromatic nitrogens is 1. The predicted octanol–water partition coefficient (Wildman–Crippen LogP) is 1.60. The summed E-state index contributed by atoms with van der Waals surface area (Å²) in [6, 6.07) is 6.21. The number of carbonyl (C=O) groups is 1. The molecule has 2 fully saturated rings. The SMILES string of the molecule is O=C1CN(c2c(O)cc(CNc3ccc(C4CC4)nc3)cc2F)S(=O)(=O)N1. The van der Waals surface area contributed by atoms with Crippen molar-refractivity contribution >= 4 is 27.5 Å². The van der Waals surface area contributed by atoms with Crippen molar-refractivity contribution in [1.29, 1.82) is 0 Å². The van der Waals surface area contributed by atoms with Crippen LogP contribution in [0.15, 0.2) is 30.5 Å². The van der Waals surface area contributed by atoms with Crippen LogP contribution in [0.4, 0.5) is 15.8 Å². The number of aromatic hydroxyl groups is 1. The van der Waals surface area contributed by atoms with Crippen molar-refractivity contribution in [2.24, 2.45) is 0 Å². The molecular weight excluding hydrogens is 375 g/mol. The number of nitrogens with zero attached hydrogens (tertiary/aromatic N) is 2. The normalized spacial score (nSPS) is 18.4. The van der Waals surface area contributed by atoms with Gasteiger partial charge in [-0.2, -0.15) is 8.42 Å². The molecule has 0 bridgehead atoms. The van der Waals surface area contributed by atoms with Gasteiger partial charge in [-0.3, -0.25) is 9.78 Å². The molecule has 2 aliphatic rings. The number of anilines is 2. The lowest BCUT2D eigenvalue weighted by atomic mass is 10.1. The van der Waals surface area contributed by atoms with Crippen molar-refractivity contribution in [1.82, 2.24) is 9.71 Å². The summed E-state index contributed by atoms with van der Waals surface area (Å²) in [4.78, 5) is 15.7. The van der Waals surface area contributed by atoms with Crippen LogP contribution in [0, 0.1) is 5.82 Å². The number of hydrogen-bond donors (Lipinski definition) is 3. The maximum absolute atomic E-state index is 14.5. The van der Waals surface area contributed by atoms with Gasteiger partial charge < -0.3 is 10.4 Å². The first kappa shape index (κ1) is 17.5. The average molecular weight is 392 g/mol. The lowest BCUT2D eigenvalue weighted by molar-refractivity contribution is -0.117. The van der Waals surface area contributed by atoms with Gasteiger partial charge >= 0.3 is 10.2 Å². The molecule has 1 aromatic carbocycles. The minimum Gasteiger partial charge on any atom is -0.506 e. The van der Waals surface area contributed by atoms with Crippen molar-refractivity contribution in [3.63, 3.8) is 0 Å². The first-order valence-corrected chi connectivity index (χ1v) is 9.82. The van der Waals surface area contributed by atoms with Crippen LogP contribution in [0.5, 0.6) is 5.75 Å². The molecular formula is C17H17FN4O4S. The number of pyridine rings is 1. The quantitative estimate of drug-likeness (QED) is 0.713. The largest absolute Gasteiger partial charge is 0.506 e. The fraction of sp³-hybridized carbons (Fsp3) is 0.294. The Bertz CT molecular complexity index is 983. The van der Waals surface area contributed by atoms with Gasteiger partial charge in [0.2, 0.25) is 0 Å². The van der Waals surface area contributed by atoms with Crippen molar-refractivity contribution in [2.45, 2.75) is 25.3 Å². The Morgan fingerprint density at radius 2 is 2.11 bits per heavy atom. The maximum Gasteiger partial charge on any atom is 0.326 e. The number of carbonyl (C=O) groups excluding carboxylic acids is 1. The molecule has 2 heterocycles. The molecule has 142 valence electrons. The number of nitrogens with one attached hydrogen (secondary N) is 2. The molecule has 0 spiro atoms. The van der Waals surface area contributed by atoms with Crippen molar-refractivity contribution in [3.05, 3.63) is 47.5 Å². The van der Waals surface area contributed by atoms with Crippen molar-refractivity contribution < 1.29 is 22.7 Å². The van der Waals surface area contributed by atoms with E-state index in [0.717, 1.165) is 17.4 Å². The van der Waals surface area contributed by atoms with Crippen LogP contribution in [-0.2, 0) is 21.5 Å². The Morgan fingerprint density at radius 3 is 2.67 bits per heavy atom. The average Bonchev–Trinajstić information content (AvgIpc) is 3.39. The molecule has 1 aliphatic carbocycles. The zero-order valence-electron chi connectivity index (χ0n) is 14.1. The number of benzene rings is 1. The highest BCUT2D eigenvalue weighted by Crippen LogP contribution is 2.39. The number of phenolic OH excluding ortho intramolecular Hbond substituents is 1. The Labute approximate surface area is 155 Å². The number of phenols is 1. The van der Waals surface area contributed by atoms with E-state index in [1.165, 1.54) is 18.9 Å². The van der Waals surface area contributed by atoms with Crippen molar-refractivity contribution in [3.8, 4) is 5.75 Å². The molecule has 4 rings (SSSR count). The van der Waals surface area contributed by atoms with Gasteiger partial charge in [0.25, 0.3) is 5.91 Å². The second-order valence-electron chi connectivity index (χ2n) is 6.58. The zero-order valence-corrected chi connectivity index (χ0v) is 15.0. The summed E-state index contributed by atoms with van der Waals surface area (Å²) in [7, 11) is -4.20. The van der Waals surface area contributed by atoms with Gasteiger partial charge in [0.05, 0.1) is 11.9 Å². The highest BCUT2D eigenvalue weighted by Gasteiger charge is 2.37. The minimum absolute atomic E-state index is 0.207. The molecule has 3 N–H and O–H groups in total. The molecule has 1 saturated heterocycles. The van der Waals surface area contributed by atoms with E-state index in [0.29, 0.717) is 15.8 Å². The van der Waals surface area contributed by atoms with E-state index < -0.39 is 39.9 Å². The van der Waals surface area contributed by atoms with E-state index in [1.54, 1.807) is 10.9 Å². The highest BCUT2D eigenvalue weighted by molar-refractivity contribution is 7.92. The minimum atomic E-state index is -4.20. The molecule has 1 aromatic heterocycles. The summed E-state index contributed by atoms with van der Waals surface area (Å²) in [6.07, 6.45) is 4.03. The van der Waals surface area contributed by atoms with Crippen LogP contribution in [0.3, 0.4) is 0 Å². The van der Waals surface area contributed by atoms with Gasteiger partial charge in [0.15, 0.2) is 5.82 Å². The second kappa shape index (κ2) is 6.38. The summed E-state index contributed by atoms with van der Waals surface area (Å²) >= 11 is 0. The third kappa shape index (κ3) is 3.52. The van der Waals surface area contributed by atoms with Gasteiger partial charge in [-0.1, -0.05) is 0 Å². The van der Waals surface area contributed by atoms with Crippen molar-refractivity contribution in [2.75, 3.05) is 16.2 Å². The molecule has 27 heavy (non-hydrogen) atoms. The molecule has 1 saturated carbocycles. The predicted molar refractivity (Wildman–Crippen MR) is 96.0 cm³/mol. The Balaban J connectivity index is 1.50. The van der Waals surface area contributed by atoms with Gasteiger partial charge in [-0.15, -0.1) is 0 Å². The lowest BCUT2D eigenvalue weighted by Crippen LogP contribution is -2.30. The molecule has 0 atom stereocenters. The van der Waals surface area contributed by atoms with Gasteiger partial charge in [0.1, 0.15) is 18.0 Å². The number of hydrogen-bond acceptors (Lipinski definition) is 6. The van der Waals surface area contributed by atoms with Gasteiger partial charge in [-0.25, -0.2) is 13.4 Å². The molecule has 8 nitrogen and oxygen atoms in total. The van der Waals surface area contributed by atoms with Gasteiger partial charge in [-0.05, 0) is 42.7 Å². The molecule has 2 aromatic rings. The van der Waals surface area contributed by atoms with E-state index >= 15 is 0 Å². The Morgan fingerprint density at radius 1 is 1.33 bits per heavy atom. The van der Waals surface area contributed by atoms with E-state index in [1.807, 2.05) is 12.1 Å². The van der Waals surface area contributed by atoms with Crippen LogP contribution < -0.4 is 14.3 Å². The molecule has 1 amide bonds. The standard InChI is InChI=1S/C17H17FN4O4S/c18-13-5-10(7-19-12-3-4-14(20-8-12)11-1-2-11)6-15(23)17(13)22-9-16(24)21-27(22,25)26/h3-6,8,11,19,23H,1-2,7,9H2,(H,21,24). The molecule has 1 aliphatic heterocycles. The van der Waals surface area contributed by atoms with E-state index in [-0.39, 0.29) is 6.54 Å². The fourth-order valence-electron chi connectivity index (χ4n) is 2.97. The molecule has 0 unspecified atom stereocenters. The Kier molecular flexibility index (Phi) is 4.14. The maximum atomic E-state index is 14.5. The fourth-order valence-corrected chi connectivity index (χ4v) is 4.14. The highest BCUT2D eigenvalue weighted by atomic mass is 32.2. The monoisotopic (exact) mass is 392 g/mol. The molecule has 0 radical (unpaired) electrons. The smallest absolute Gasteiger partial charge is 0.326 e. The topological polar surface area (TPSA) is 112 Å². The van der Waals surface area contributed by atoms with Crippen LogP contribution in [0.25, 0.3) is 0 Å². The van der Waals surface area contributed by atoms with Gasteiger partial charge in [0, 0.05) is 18.2 Å². The number of rotatable bonds is 5. The van der Waals surface area contributed by atoms with Crippen LogP contribution in [-0.4, -0.2) is 31.0 Å². The lowest BCUT2D eigenvalue weighted by Gasteiger charge is -2.18. The summed E-state index contributed by atoms with van der Waals surface area (Å²) in [5.74, 6) is -1.73. The van der Waals surface area contributed by atoms with E-state index in [4.69, 9.17) is 0 Å².